The molecule has 77 heavy (non-hydrogen) atoms. The summed E-state index contributed by atoms with van der Waals surface area (Å²) in [7, 11) is -10.3. The predicted molar refractivity (Wildman–Crippen MR) is 283 cm³/mol. The summed E-state index contributed by atoms with van der Waals surface area (Å²) in [5.41, 5.74) is -2.92. The van der Waals surface area contributed by atoms with Gasteiger partial charge in [0.25, 0.3) is 0 Å². The quantitative estimate of drug-likeness (QED) is 0.0175. The molecule has 436 valence electrons. The number of aliphatic hydroxyl groups excluding tert-OH is 2. The summed E-state index contributed by atoms with van der Waals surface area (Å²) in [4.78, 5) is 72.1. The van der Waals surface area contributed by atoms with Gasteiger partial charge in [0.05, 0.1) is 36.9 Å². The Balaban J connectivity index is 0.00000148. The average molecular weight is 1160 g/mol. The summed E-state index contributed by atoms with van der Waals surface area (Å²) < 4.78 is 97.6. The fourth-order valence-electron chi connectivity index (χ4n) is 7.63. The van der Waals surface area contributed by atoms with Crippen LogP contribution in [0.1, 0.15) is 206 Å². The van der Waals surface area contributed by atoms with E-state index in [-0.39, 0.29) is 50.6 Å². The second-order valence-corrected chi connectivity index (χ2v) is 22.9. The smallest absolute Gasteiger partial charge is 0.747 e. The zero-order valence-electron chi connectivity index (χ0n) is 45.8. The first-order valence-corrected chi connectivity index (χ1v) is 30.2. The first-order chi connectivity index (χ1) is 36.3. The van der Waals surface area contributed by atoms with Gasteiger partial charge in [0.1, 0.15) is 59.9 Å². The van der Waals surface area contributed by atoms with Crippen molar-refractivity contribution < 1.29 is 93.3 Å². The first-order valence-electron chi connectivity index (χ1n) is 27.3. The van der Waals surface area contributed by atoms with Crippen LogP contribution in [-0.2, 0) is 77.4 Å². The number of cyclic esters (lactones) is 4. The van der Waals surface area contributed by atoms with Gasteiger partial charge in [0.15, 0.2) is 10.5 Å². The molecule has 2 N–H and O–H groups in total. The van der Waals surface area contributed by atoms with E-state index in [1.807, 2.05) is 0 Å². The number of unbranched alkanes of at least 4 members (excludes halogenated alkanes) is 22. The number of hydrogen-bond acceptors (Lipinski definition) is 20. The second-order valence-electron chi connectivity index (χ2n) is 19.8. The first kappa shape index (κ1) is 73.9. The van der Waals surface area contributed by atoms with E-state index in [1.165, 1.54) is 77.0 Å². The molecule has 0 aromatic carbocycles. The molecule has 23 heteroatoms. The Bertz CT molecular complexity index is 1930. The van der Waals surface area contributed by atoms with Gasteiger partial charge >= 0.3 is 73.6 Å². The van der Waals surface area contributed by atoms with Crippen molar-refractivity contribution in [1.29, 1.82) is 0 Å². The standard InChI is InChI=1S/2C27H44O10S.Ca/c2*1-2-3-4-5-6-7-8-9-10-11-12-13-14-15-16-17-24(29)35-20-27(19-28)21-36-25(30)18-23(38(32,33)34)26(31)37-22-27;/h2*23,28H,2-8,11-22H2,1H3,(H,32,33,34);/q;;+2/p-2. The Morgan fingerprint density at radius 2 is 0.766 bits per heavy atom. The normalized spacial score (nSPS) is 20.0. The van der Waals surface area contributed by atoms with Gasteiger partial charge in [-0.2, -0.15) is 0 Å². The third-order valence-electron chi connectivity index (χ3n) is 12.7. The van der Waals surface area contributed by atoms with Gasteiger partial charge in [-0.15, -0.1) is 23.7 Å². The number of esters is 6. The maximum atomic E-state index is 12.2. The van der Waals surface area contributed by atoms with Crippen LogP contribution in [0.4, 0.5) is 0 Å². The summed E-state index contributed by atoms with van der Waals surface area (Å²) in [6.45, 7) is 0.153. The van der Waals surface area contributed by atoms with E-state index in [2.05, 4.69) is 37.5 Å². The molecule has 0 amide bonds. The van der Waals surface area contributed by atoms with E-state index in [0.717, 1.165) is 77.0 Å². The van der Waals surface area contributed by atoms with Crippen molar-refractivity contribution in [3.05, 3.63) is 0 Å². The number of ether oxygens (including phenoxy) is 6. The average Bonchev–Trinajstić information content (AvgIpc) is 3.49. The van der Waals surface area contributed by atoms with Gasteiger partial charge in [0, 0.05) is 38.5 Å². The maximum absolute atomic E-state index is 12.2. The molecule has 2 aliphatic heterocycles. The van der Waals surface area contributed by atoms with Crippen LogP contribution in [0, 0.1) is 34.5 Å². The number of aliphatic hydroxyl groups is 2. The van der Waals surface area contributed by atoms with Crippen molar-refractivity contribution in [2.24, 2.45) is 10.8 Å². The number of carbonyl (C=O) groups excluding carboxylic acids is 6. The summed E-state index contributed by atoms with van der Waals surface area (Å²) >= 11 is 0. The largest absolute Gasteiger partial charge is 2.00 e. The Hall–Kier alpha value is -3.06. The molecule has 2 aliphatic rings. The molecular weight excluding hydrogens is 1070 g/mol. The van der Waals surface area contributed by atoms with Gasteiger partial charge in [-0.3, -0.25) is 28.8 Å². The topological polar surface area (TPSA) is 313 Å². The van der Waals surface area contributed by atoms with Crippen molar-refractivity contribution in [2.75, 3.05) is 52.9 Å². The SMILES string of the molecule is CCCCCCCCC#CCCCCCCCC(=O)OCC1(CO)COC(=O)CC(S(=O)(=O)[O-])C(=O)OC1.CCCCCCCCC#CCCCCCCCC(=O)OCC1(CO)COC(=O)CC(S(=O)(=O)[O-])C(=O)OC1.[Ca+2]. The molecule has 2 rings (SSSR count). The van der Waals surface area contributed by atoms with Gasteiger partial charge in [-0.05, 0) is 38.5 Å². The fraction of sp³-hybridized carbons (Fsp3) is 0.815. The van der Waals surface area contributed by atoms with E-state index in [1.54, 1.807) is 0 Å². The van der Waals surface area contributed by atoms with E-state index >= 15 is 0 Å². The van der Waals surface area contributed by atoms with Crippen molar-refractivity contribution >= 4 is 93.8 Å². The zero-order valence-corrected chi connectivity index (χ0v) is 49.6. The molecule has 0 spiro atoms. The fourth-order valence-corrected chi connectivity index (χ4v) is 8.92. The number of rotatable bonds is 34. The molecule has 2 saturated heterocycles. The Labute approximate surface area is 488 Å². The van der Waals surface area contributed by atoms with Crippen LogP contribution < -0.4 is 0 Å². The van der Waals surface area contributed by atoms with Gasteiger partial charge in [0.2, 0.25) is 0 Å². The van der Waals surface area contributed by atoms with Crippen LogP contribution in [-0.4, -0.2) is 173 Å². The van der Waals surface area contributed by atoms with Crippen molar-refractivity contribution in [2.45, 2.75) is 217 Å². The molecule has 0 aromatic heterocycles. The van der Waals surface area contributed by atoms with Gasteiger partial charge < -0.3 is 47.7 Å². The minimum Gasteiger partial charge on any atom is -0.747 e. The van der Waals surface area contributed by atoms with E-state index < -0.39 is 143 Å². The third kappa shape index (κ3) is 36.0. The Morgan fingerprint density at radius 3 is 1.05 bits per heavy atom. The van der Waals surface area contributed by atoms with Crippen LogP contribution in [0.25, 0.3) is 0 Å². The minimum absolute atomic E-state index is 0. The molecule has 0 saturated carbocycles. The zero-order chi connectivity index (χ0) is 56.6. The summed E-state index contributed by atoms with van der Waals surface area (Å²) in [6.07, 6.45) is 26.4. The van der Waals surface area contributed by atoms with Gasteiger partial charge in [-0.1, -0.05) is 117 Å². The van der Waals surface area contributed by atoms with Crippen molar-refractivity contribution in [3.63, 3.8) is 0 Å². The van der Waals surface area contributed by atoms with E-state index in [0.29, 0.717) is 12.8 Å². The molecule has 0 bridgehead atoms. The number of hydrogen-bond donors (Lipinski definition) is 2. The summed E-state index contributed by atoms with van der Waals surface area (Å²) in [5, 5.41) is 15.2. The molecule has 4 unspecified atom stereocenters. The number of carbonyl (C=O) groups is 6. The van der Waals surface area contributed by atoms with Crippen LogP contribution in [0.3, 0.4) is 0 Å². The maximum Gasteiger partial charge on any atom is 2.00 e. The third-order valence-corrected chi connectivity index (χ3v) is 14.8. The van der Waals surface area contributed by atoms with E-state index in [9.17, 15) is 64.9 Å². The molecule has 2 heterocycles. The molecule has 0 aliphatic carbocycles. The molecule has 2 fully saturated rings. The monoisotopic (exact) mass is 1160 g/mol. The van der Waals surface area contributed by atoms with Crippen LogP contribution in [0.2, 0.25) is 0 Å². The Kier molecular flexibility index (Phi) is 42.0. The van der Waals surface area contributed by atoms with Gasteiger partial charge in [-0.25, -0.2) is 16.8 Å². The minimum atomic E-state index is -5.14. The second kappa shape index (κ2) is 43.7. The molecule has 0 radical (unpaired) electrons. The summed E-state index contributed by atoms with van der Waals surface area (Å²) in [5.74, 6) is 6.86. The molecule has 20 nitrogen and oxygen atoms in total. The van der Waals surface area contributed by atoms with Crippen LogP contribution in [0.15, 0.2) is 0 Å². The van der Waals surface area contributed by atoms with E-state index in [4.69, 9.17) is 28.4 Å². The molecular formula is C54H86CaO20S2. The van der Waals surface area contributed by atoms with Crippen LogP contribution >= 0.6 is 0 Å². The summed E-state index contributed by atoms with van der Waals surface area (Å²) in [6, 6.07) is 0. The molecule has 0 aromatic rings. The molecule has 4 atom stereocenters. The van der Waals surface area contributed by atoms with Crippen LogP contribution in [0.5, 0.6) is 0 Å². The predicted octanol–water partition coefficient (Wildman–Crippen LogP) is 6.41. The van der Waals surface area contributed by atoms with Crippen molar-refractivity contribution in [1.82, 2.24) is 0 Å². The Morgan fingerprint density at radius 1 is 0.494 bits per heavy atom. The van der Waals surface area contributed by atoms with Crippen molar-refractivity contribution in [3.8, 4) is 23.7 Å².